The highest BCUT2D eigenvalue weighted by molar-refractivity contribution is 6.31. The molecular weight excluding hydrogens is 356 g/mol. The Bertz CT molecular complexity index is 1150. The molecule has 0 bridgehead atoms. The van der Waals surface area contributed by atoms with Gasteiger partial charge in [0.25, 0.3) is 0 Å². The molecule has 3 heterocycles. The molecule has 1 aromatic carbocycles. The Morgan fingerprint density at radius 1 is 1.07 bits per heavy atom. The molecule has 140 valence electrons. The Labute approximate surface area is 164 Å². The maximum atomic E-state index is 6.22. The fourth-order valence-electron chi connectivity index (χ4n) is 4.13. The fraction of sp³-hybridized carbons (Fsp3) is 0.364. The highest BCUT2D eigenvalue weighted by atomic mass is 35.5. The van der Waals surface area contributed by atoms with E-state index in [1.54, 1.807) is 0 Å². The predicted octanol–water partition coefficient (Wildman–Crippen LogP) is 6.06. The third kappa shape index (κ3) is 2.83. The summed E-state index contributed by atoms with van der Waals surface area (Å²) in [6.45, 7) is 8.61. The van der Waals surface area contributed by atoms with Gasteiger partial charge in [-0.1, -0.05) is 31.5 Å². The zero-order chi connectivity index (χ0) is 19.3. The van der Waals surface area contributed by atoms with Crippen LogP contribution in [0.25, 0.3) is 27.9 Å². The number of benzene rings is 1. The lowest BCUT2D eigenvalue weighted by Crippen LogP contribution is -2.05. The largest absolute Gasteiger partial charge is 0.342 e. The number of imidazole rings is 1. The van der Waals surface area contributed by atoms with Crippen molar-refractivity contribution in [1.29, 1.82) is 0 Å². The quantitative estimate of drug-likeness (QED) is 0.431. The third-order valence-corrected chi connectivity index (χ3v) is 5.82. The van der Waals surface area contributed by atoms with Crippen LogP contribution in [0, 0.1) is 13.8 Å². The molecule has 4 aromatic rings. The van der Waals surface area contributed by atoms with Gasteiger partial charge in [-0.25, -0.2) is 9.50 Å². The van der Waals surface area contributed by atoms with E-state index < -0.39 is 0 Å². The van der Waals surface area contributed by atoms with Crippen LogP contribution in [0.5, 0.6) is 0 Å². The number of hydrogen-bond donors (Lipinski definition) is 0. The summed E-state index contributed by atoms with van der Waals surface area (Å²) >= 11 is 6.22. The lowest BCUT2D eigenvalue weighted by Gasteiger charge is -2.15. The van der Waals surface area contributed by atoms with E-state index in [-0.39, 0.29) is 0 Å². The summed E-state index contributed by atoms with van der Waals surface area (Å²) in [6, 6.07) is 10.4. The first kappa shape index (κ1) is 18.1. The van der Waals surface area contributed by atoms with Gasteiger partial charge in [0.1, 0.15) is 5.69 Å². The molecule has 0 aliphatic heterocycles. The van der Waals surface area contributed by atoms with Gasteiger partial charge in [0, 0.05) is 28.5 Å². The van der Waals surface area contributed by atoms with Gasteiger partial charge in [-0.3, -0.25) is 0 Å². The molecule has 4 rings (SSSR count). The first-order valence-electron chi connectivity index (χ1n) is 9.56. The molecule has 4 nitrogen and oxygen atoms in total. The number of nitrogens with zero attached hydrogens (tertiary/aromatic N) is 4. The minimum Gasteiger partial charge on any atom is -0.342 e. The van der Waals surface area contributed by atoms with Crippen LogP contribution in [0.15, 0.2) is 30.3 Å². The van der Waals surface area contributed by atoms with Gasteiger partial charge in [0.15, 0.2) is 5.65 Å². The average molecular weight is 381 g/mol. The van der Waals surface area contributed by atoms with Gasteiger partial charge in [-0.15, -0.1) is 0 Å². The van der Waals surface area contributed by atoms with Gasteiger partial charge in [0.05, 0.1) is 17.1 Å². The van der Waals surface area contributed by atoms with Crippen molar-refractivity contribution < 1.29 is 0 Å². The minimum absolute atomic E-state index is 0.496. The van der Waals surface area contributed by atoms with Gasteiger partial charge in [0.2, 0.25) is 0 Å². The topological polar surface area (TPSA) is 35.1 Å². The molecule has 0 saturated heterocycles. The Balaban J connectivity index is 2.03. The van der Waals surface area contributed by atoms with Crippen LogP contribution in [0.3, 0.4) is 0 Å². The maximum Gasteiger partial charge on any atom is 0.158 e. The summed E-state index contributed by atoms with van der Waals surface area (Å²) < 4.78 is 4.21. The Morgan fingerprint density at radius 2 is 1.81 bits per heavy atom. The first-order chi connectivity index (χ1) is 12.9. The fourth-order valence-corrected chi connectivity index (χ4v) is 4.30. The third-order valence-electron chi connectivity index (χ3n) is 5.58. The van der Waals surface area contributed by atoms with Crippen LogP contribution < -0.4 is 0 Å². The molecule has 27 heavy (non-hydrogen) atoms. The molecule has 0 saturated carbocycles. The molecule has 3 aromatic heterocycles. The van der Waals surface area contributed by atoms with Crippen LogP contribution in [0.1, 0.15) is 49.6 Å². The Hall–Kier alpha value is -2.33. The molecule has 0 atom stereocenters. The van der Waals surface area contributed by atoms with E-state index in [0.717, 1.165) is 51.8 Å². The normalized spacial score (nSPS) is 12.0. The number of hydrogen-bond acceptors (Lipinski definition) is 2. The average Bonchev–Trinajstić information content (AvgIpc) is 3.12. The number of rotatable bonds is 4. The second kappa shape index (κ2) is 6.68. The zero-order valence-electron chi connectivity index (χ0n) is 16.5. The van der Waals surface area contributed by atoms with E-state index in [9.17, 15) is 0 Å². The minimum atomic E-state index is 0.496. The predicted molar refractivity (Wildman–Crippen MR) is 113 cm³/mol. The van der Waals surface area contributed by atoms with E-state index in [1.807, 2.05) is 16.6 Å². The lowest BCUT2D eigenvalue weighted by molar-refractivity contribution is 0.638. The molecule has 0 aliphatic rings. The van der Waals surface area contributed by atoms with Crippen molar-refractivity contribution in [2.45, 2.75) is 46.5 Å². The number of fused-ring (bicyclic) bond motifs is 2. The summed E-state index contributed by atoms with van der Waals surface area (Å²) in [5.74, 6) is 0.496. The number of aromatic nitrogens is 4. The molecular formula is C22H25ClN4. The summed E-state index contributed by atoms with van der Waals surface area (Å²) in [5, 5.41) is 6.74. The van der Waals surface area contributed by atoms with Crippen molar-refractivity contribution in [2.24, 2.45) is 7.05 Å². The lowest BCUT2D eigenvalue weighted by atomic mass is 9.95. The Morgan fingerprint density at radius 3 is 2.52 bits per heavy atom. The van der Waals surface area contributed by atoms with Crippen molar-refractivity contribution in [3.63, 3.8) is 0 Å². The summed E-state index contributed by atoms with van der Waals surface area (Å²) in [6.07, 6.45) is 2.20. The van der Waals surface area contributed by atoms with Crippen LogP contribution in [-0.2, 0) is 7.05 Å². The highest BCUT2D eigenvalue weighted by Gasteiger charge is 2.21. The Kier molecular flexibility index (Phi) is 4.47. The van der Waals surface area contributed by atoms with Crippen molar-refractivity contribution in [3.8, 4) is 11.4 Å². The van der Waals surface area contributed by atoms with Crippen molar-refractivity contribution in [2.75, 3.05) is 0 Å². The maximum absolute atomic E-state index is 6.22. The molecule has 5 heteroatoms. The summed E-state index contributed by atoms with van der Waals surface area (Å²) in [5.41, 5.74) is 7.55. The van der Waals surface area contributed by atoms with Gasteiger partial charge in [-0.05, 0) is 56.9 Å². The van der Waals surface area contributed by atoms with Gasteiger partial charge < -0.3 is 4.57 Å². The molecule has 0 aliphatic carbocycles. The van der Waals surface area contributed by atoms with E-state index in [4.69, 9.17) is 21.7 Å². The molecule has 0 radical (unpaired) electrons. The van der Waals surface area contributed by atoms with E-state index >= 15 is 0 Å². The van der Waals surface area contributed by atoms with E-state index in [1.165, 1.54) is 10.9 Å². The molecule has 0 unspecified atom stereocenters. The summed E-state index contributed by atoms with van der Waals surface area (Å²) in [4.78, 5) is 4.94. The smallest absolute Gasteiger partial charge is 0.158 e. The molecule has 0 fully saturated rings. The van der Waals surface area contributed by atoms with Crippen LogP contribution in [0.4, 0.5) is 0 Å². The van der Waals surface area contributed by atoms with Crippen LogP contribution in [0.2, 0.25) is 5.02 Å². The van der Waals surface area contributed by atoms with Crippen molar-refractivity contribution in [1.82, 2.24) is 19.2 Å². The monoisotopic (exact) mass is 380 g/mol. The zero-order valence-corrected chi connectivity index (χ0v) is 17.3. The second-order valence-corrected chi connectivity index (χ2v) is 7.76. The van der Waals surface area contributed by atoms with Crippen molar-refractivity contribution in [3.05, 3.63) is 52.3 Å². The highest BCUT2D eigenvalue weighted by Crippen LogP contribution is 2.34. The molecule has 0 amide bonds. The van der Waals surface area contributed by atoms with Crippen LogP contribution in [-0.4, -0.2) is 19.2 Å². The number of aryl methyl sites for hydroxylation is 3. The second-order valence-electron chi connectivity index (χ2n) is 7.33. The summed E-state index contributed by atoms with van der Waals surface area (Å²) in [7, 11) is 2.07. The molecule has 0 spiro atoms. The number of halogens is 1. The van der Waals surface area contributed by atoms with Crippen LogP contribution >= 0.6 is 11.6 Å². The first-order valence-corrected chi connectivity index (χ1v) is 9.94. The molecule has 0 N–H and O–H groups in total. The van der Waals surface area contributed by atoms with Gasteiger partial charge in [-0.2, -0.15) is 5.10 Å². The standard InChI is InChI=1S/C22H25ClN4/c1-6-15(7-2)18-10-13(3)25-27-21(14(4)24-22(18)27)20-11-16-8-9-17(23)12-19(16)26(20)5/h8-12,15H,6-7H2,1-5H3. The van der Waals surface area contributed by atoms with Crippen molar-refractivity contribution >= 4 is 28.2 Å². The van der Waals surface area contributed by atoms with E-state index in [2.05, 4.69) is 57.5 Å². The SMILES string of the molecule is CCC(CC)c1cc(C)nn2c(-c3cc4ccc(Cl)cc4n3C)c(C)nc12. The van der Waals surface area contributed by atoms with Gasteiger partial charge >= 0.3 is 0 Å². The van der Waals surface area contributed by atoms with E-state index in [0.29, 0.717) is 5.92 Å².